The van der Waals surface area contributed by atoms with Crippen LogP contribution in [0.2, 0.25) is 0 Å². The fourth-order valence-corrected chi connectivity index (χ4v) is 0.720. The van der Waals surface area contributed by atoms with Gasteiger partial charge in [0, 0.05) is 0 Å². The maximum absolute atomic E-state index is 12.2. The second-order valence-electron chi connectivity index (χ2n) is 3.29. The average molecular weight is 254 g/mol. The molecule has 18 heavy (non-hydrogen) atoms. The molecular weight excluding hydrogens is 223 g/mol. The van der Waals surface area contributed by atoms with Crippen molar-refractivity contribution in [3.05, 3.63) is 47.8 Å². The van der Waals surface area contributed by atoms with Gasteiger partial charge in [0.2, 0.25) is 0 Å². The van der Waals surface area contributed by atoms with Crippen LogP contribution in [0.4, 0.5) is 4.39 Å². The van der Waals surface area contributed by atoms with E-state index in [1.807, 2.05) is 41.5 Å². The van der Waals surface area contributed by atoms with Crippen molar-refractivity contribution in [2.24, 2.45) is 0 Å². The van der Waals surface area contributed by atoms with Crippen LogP contribution < -0.4 is 0 Å². The van der Waals surface area contributed by atoms with Crippen LogP contribution in [-0.2, 0) is 6.42 Å². The summed E-state index contributed by atoms with van der Waals surface area (Å²) in [4.78, 5) is 0. The van der Waals surface area contributed by atoms with Crippen LogP contribution in [0.25, 0.3) is 0 Å². The lowest BCUT2D eigenvalue weighted by atomic mass is 10.2. The predicted molar refractivity (Wildman–Crippen MR) is 83.6 cm³/mol. The monoisotopic (exact) mass is 254 g/mol. The van der Waals surface area contributed by atoms with Gasteiger partial charge in [0.25, 0.3) is 0 Å². The predicted octanol–water partition coefficient (Wildman–Crippen LogP) is 6.41. The van der Waals surface area contributed by atoms with Gasteiger partial charge in [-0.3, -0.25) is 0 Å². The molecule has 106 valence electrons. The van der Waals surface area contributed by atoms with Crippen molar-refractivity contribution >= 4 is 0 Å². The molecule has 0 amide bonds. The molecule has 0 bridgehead atoms. The lowest BCUT2D eigenvalue weighted by Crippen LogP contribution is -1.78. The summed E-state index contributed by atoms with van der Waals surface area (Å²) in [6.45, 7) is 17.8. The van der Waals surface area contributed by atoms with E-state index in [0.29, 0.717) is 0 Å². The SMILES string of the molecule is C=C(C)CC.CC.CC.CCc1ccc(F)cc1. The van der Waals surface area contributed by atoms with Crippen LogP contribution >= 0.6 is 0 Å². The molecule has 0 aromatic heterocycles. The van der Waals surface area contributed by atoms with Gasteiger partial charge in [0.1, 0.15) is 5.82 Å². The summed E-state index contributed by atoms with van der Waals surface area (Å²) in [5.74, 6) is -0.160. The largest absolute Gasteiger partial charge is 0.207 e. The van der Waals surface area contributed by atoms with E-state index in [1.54, 1.807) is 12.1 Å². The molecule has 0 saturated heterocycles. The van der Waals surface area contributed by atoms with Crippen molar-refractivity contribution in [1.82, 2.24) is 0 Å². The molecule has 0 atom stereocenters. The Morgan fingerprint density at radius 3 is 1.56 bits per heavy atom. The molecule has 0 heterocycles. The zero-order valence-electron chi connectivity index (χ0n) is 13.3. The number of halogens is 1. The second kappa shape index (κ2) is 18.3. The van der Waals surface area contributed by atoms with Crippen LogP contribution in [0.1, 0.15) is 60.5 Å². The molecular formula is C17H31F. The summed E-state index contributed by atoms with van der Waals surface area (Å²) in [5.41, 5.74) is 2.43. The molecule has 0 fully saturated rings. The molecule has 0 aliphatic carbocycles. The Bertz CT molecular complexity index is 259. The van der Waals surface area contributed by atoms with Crippen molar-refractivity contribution < 1.29 is 4.39 Å². The van der Waals surface area contributed by atoms with Crippen LogP contribution in [-0.4, -0.2) is 0 Å². The molecule has 0 radical (unpaired) electrons. The quantitative estimate of drug-likeness (QED) is 0.535. The molecule has 1 aromatic carbocycles. The average Bonchev–Trinajstić information content (AvgIpc) is 2.44. The summed E-state index contributed by atoms with van der Waals surface area (Å²) in [5, 5.41) is 0. The Morgan fingerprint density at radius 2 is 1.33 bits per heavy atom. The number of aryl methyl sites for hydroxylation is 1. The van der Waals surface area contributed by atoms with Gasteiger partial charge in [-0.25, -0.2) is 4.39 Å². The van der Waals surface area contributed by atoms with Gasteiger partial charge >= 0.3 is 0 Å². The third-order valence-corrected chi connectivity index (χ3v) is 1.93. The van der Waals surface area contributed by atoms with Crippen LogP contribution in [0.3, 0.4) is 0 Å². The summed E-state index contributed by atoms with van der Waals surface area (Å²) < 4.78 is 12.2. The first-order valence-electron chi connectivity index (χ1n) is 6.99. The Morgan fingerprint density at radius 1 is 1.00 bits per heavy atom. The Balaban J connectivity index is -0.000000215. The fourth-order valence-electron chi connectivity index (χ4n) is 0.720. The van der Waals surface area contributed by atoms with Crippen molar-refractivity contribution in [3.8, 4) is 0 Å². The van der Waals surface area contributed by atoms with Gasteiger partial charge in [0.15, 0.2) is 0 Å². The van der Waals surface area contributed by atoms with Crippen LogP contribution in [0.5, 0.6) is 0 Å². The Hall–Kier alpha value is -1.11. The first kappa shape index (κ1) is 22.1. The van der Waals surface area contributed by atoms with Crippen LogP contribution in [0, 0.1) is 5.82 Å². The second-order valence-corrected chi connectivity index (χ2v) is 3.29. The molecule has 1 heteroatoms. The van der Waals surface area contributed by atoms with Crippen molar-refractivity contribution in [2.45, 2.75) is 61.3 Å². The highest BCUT2D eigenvalue weighted by Gasteiger charge is 1.87. The topological polar surface area (TPSA) is 0 Å². The van der Waals surface area contributed by atoms with E-state index in [9.17, 15) is 4.39 Å². The zero-order chi connectivity index (χ0) is 15.0. The van der Waals surface area contributed by atoms with E-state index in [4.69, 9.17) is 0 Å². The third kappa shape index (κ3) is 17.3. The van der Waals surface area contributed by atoms with E-state index < -0.39 is 0 Å². The minimum atomic E-state index is -0.160. The highest BCUT2D eigenvalue weighted by Crippen LogP contribution is 2.01. The van der Waals surface area contributed by atoms with Gasteiger partial charge < -0.3 is 0 Å². The standard InChI is InChI=1S/C8H9F.C5H10.2C2H6/c1-2-7-3-5-8(9)6-4-7;1-4-5(2)3;2*1-2/h3-6H,2H2,1H3;2,4H2,1,3H3;2*1-2H3. The highest BCUT2D eigenvalue weighted by molar-refractivity contribution is 5.15. The lowest BCUT2D eigenvalue weighted by molar-refractivity contribution is 0.627. The van der Waals surface area contributed by atoms with E-state index in [1.165, 1.54) is 23.3 Å². The molecule has 0 unspecified atom stereocenters. The summed E-state index contributed by atoms with van der Waals surface area (Å²) >= 11 is 0. The van der Waals surface area contributed by atoms with Gasteiger partial charge in [0.05, 0.1) is 0 Å². The molecule has 1 aromatic rings. The minimum absolute atomic E-state index is 0.160. The van der Waals surface area contributed by atoms with E-state index in [0.717, 1.165) is 12.8 Å². The number of allylic oxidation sites excluding steroid dienone is 1. The summed E-state index contributed by atoms with van der Waals surface area (Å²) in [6.07, 6.45) is 2.08. The molecule has 0 nitrogen and oxygen atoms in total. The first-order chi connectivity index (χ1) is 8.60. The molecule has 0 aliphatic rings. The number of benzene rings is 1. The smallest absolute Gasteiger partial charge is 0.123 e. The molecule has 0 spiro atoms. The van der Waals surface area contributed by atoms with Gasteiger partial charge in [-0.2, -0.15) is 0 Å². The normalized spacial score (nSPS) is 7.56. The molecule has 0 aliphatic heterocycles. The fraction of sp³-hybridized carbons (Fsp3) is 0.529. The highest BCUT2D eigenvalue weighted by atomic mass is 19.1. The maximum atomic E-state index is 12.2. The maximum Gasteiger partial charge on any atom is 0.123 e. The molecule has 1 rings (SSSR count). The summed E-state index contributed by atoms with van der Waals surface area (Å²) in [7, 11) is 0. The first-order valence-corrected chi connectivity index (χ1v) is 6.99. The Kier molecular flexibility index (Phi) is 22.4. The Labute approximate surface area is 114 Å². The minimum Gasteiger partial charge on any atom is -0.207 e. The van der Waals surface area contributed by atoms with Gasteiger partial charge in [-0.05, 0) is 37.5 Å². The van der Waals surface area contributed by atoms with Crippen molar-refractivity contribution in [1.29, 1.82) is 0 Å². The summed E-state index contributed by atoms with van der Waals surface area (Å²) in [6, 6.07) is 6.57. The van der Waals surface area contributed by atoms with Gasteiger partial charge in [-0.1, -0.05) is 59.2 Å². The van der Waals surface area contributed by atoms with E-state index >= 15 is 0 Å². The van der Waals surface area contributed by atoms with Crippen LogP contribution in [0.15, 0.2) is 36.4 Å². The number of hydrogen-bond acceptors (Lipinski definition) is 0. The number of rotatable bonds is 2. The third-order valence-electron chi connectivity index (χ3n) is 1.93. The van der Waals surface area contributed by atoms with Crippen molar-refractivity contribution in [2.75, 3.05) is 0 Å². The molecule has 0 N–H and O–H groups in total. The van der Waals surface area contributed by atoms with Gasteiger partial charge in [-0.15, -0.1) is 6.58 Å². The molecule has 0 saturated carbocycles. The number of hydrogen-bond donors (Lipinski definition) is 0. The zero-order valence-corrected chi connectivity index (χ0v) is 13.3. The van der Waals surface area contributed by atoms with Crippen molar-refractivity contribution in [3.63, 3.8) is 0 Å². The van der Waals surface area contributed by atoms with E-state index in [-0.39, 0.29) is 5.82 Å². The van der Waals surface area contributed by atoms with E-state index in [2.05, 4.69) is 13.5 Å². The lowest BCUT2D eigenvalue weighted by Gasteiger charge is -1.92.